The van der Waals surface area contributed by atoms with Gasteiger partial charge in [0.15, 0.2) is 0 Å². The van der Waals surface area contributed by atoms with Gasteiger partial charge in [0.25, 0.3) is 0 Å². The average molecular weight is 629 g/mol. The smallest absolute Gasteiger partial charge is 0.0134 e. The van der Waals surface area contributed by atoms with E-state index < -0.39 is 15.8 Å². The predicted molar refractivity (Wildman–Crippen MR) is 174 cm³/mol. The fraction of sp³-hybridized carbons (Fsp3) is 0. The summed E-state index contributed by atoms with van der Waals surface area (Å²) in [6, 6.07) is 64.7. The van der Waals surface area contributed by atoms with Crippen molar-refractivity contribution < 1.29 is 19.5 Å². The van der Waals surface area contributed by atoms with Gasteiger partial charge in [0.1, 0.15) is 0 Å². The summed E-state index contributed by atoms with van der Waals surface area (Å²) in [5.41, 5.74) is 0. The molecule has 195 valence electrons. The third kappa shape index (κ3) is 7.91. The van der Waals surface area contributed by atoms with E-state index in [0.717, 1.165) is 0 Å². The monoisotopic (exact) mass is 629 g/mol. The van der Waals surface area contributed by atoms with Gasteiger partial charge in [-0.25, -0.2) is 0 Å². The van der Waals surface area contributed by atoms with E-state index in [4.69, 9.17) is 0 Å². The predicted octanol–water partition coefficient (Wildman–Crippen LogP) is 6.08. The minimum Gasteiger partial charge on any atom is -0.0622 e. The van der Waals surface area contributed by atoms with Crippen molar-refractivity contribution in [3.63, 3.8) is 0 Å². The molecule has 0 saturated carbocycles. The van der Waals surface area contributed by atoms with Crippen LogP contribution in [0.15, 0.2) is 182 Å². The maximum Gasteiger partial charge on any atom is -0.0134 e. The molecule has 0 radical (unpaired) electrons. The van der Waals surface area contributed by atoms with Crippen molar-refractivity contribution in [2.24, 2.45) is 0 Å². The van der Waals surface area contributed by atoms with Crippen LogP contribution in [-0.2, 0) is 19.5 Å². The Kier molecular flexibility index (Phi) is 11.4. The summed E-state index contributed by atoms with van der Waals surface area (Å²) in [7, 11) is -0.892. The third-order valence-electron chi connectivity index (χ3n) is 6.09. The Hall–Kier alpha value is -3.20. The van der Waals surface area contributed by atoms with E-state index in [1.54, 1.807) is 0 Å². The summed E-state index contributed by atoms with van der Waals surface area (Å²) < 4.78 is 0. The molecule has 6 rings (SSSR count). The molecule has 0 spiro atoms. The fourth-order valence-electron chi connectivity index (χ4n) is 4.36. The summed E-state index contributed by atoms with van der Waals surface area (Å²) in [5, 5.41) is 8.39. The quantitative estimate of drug-likeness (QED) is 0.155. The van der Waals surface area contributed by atoms with Gasteiger partial charge in [-0.15, -0.1) is 0 Å². The van der Waals surface area contributed by atoms with E-state index in [1.807, 2.05) is 0 Å². The maximum absolute atomic E-state index is 2.23. The summed E-state index contributed by atoms with van der Waals surface area (Å²) in [4.78, 5) is 0. The summed E-state index contributed by atoms with van der Waals surface area (Å²) in [6.45, 7) is 0. The molecule has 0 aliphatic rings. The van der Waals surface area contributed by atoms with E-state index >= 15 is 0 Å². The number of hydrogen-bond acceptors (Lipinski definition) is 0. The zero-order valence-electron chi connectivity index (χ0n) is 21.7. The molecule has 0 aliphatic carbocycles. The van der Waals surface area contributed by atoms with Crippen LogP contribution in [0.2, 0.25) is 0 Å². The van der Waals surface area contributed by atoms with E-state index in [2.05, 4.69) is 182 Å². The molecule has 0 heterocycles. The Morgan fingerprint density at radius 3 is 0.462 bits per heavy atom. The van der Waals surface area contributed by atoms with Gasteiger partial charge in [0.2, 0.25) is 0 Å². The largest absolute Gasteiger partial charge is 0.0622 e. The average Bonchev–Trinajstić information content (AvgIpc) is 3.01. The minimum absolute atomic E-state index is 0. The zero-order valence-corrected chi connectivity index (χ0v) is 25.6. The number of benzene rings is 6. The Balaban J connectivity index is 0.000000176. The van der Waals surface area contributed by atoms with Crippen LogP contribution in [0.1, 0.15) is 0 Å². The Morgan fingerprint density at radius 1 is 0.205 bits per heavy atom. The first kappa shape index (κ1) is 28.8. The normalized spacial score (nSPS) is 10.3. The molecule has 0 saturated heterocycles. The van der Waals surface area contributed by atoms with Crippen LogP contribution in [0.4, 0.5) is 0 Å². The molecular formula is C36H33P2Ru. The van der Waals surface area contributed by atoms with Crippen molar-refractivity contribution in [2.45, 2.75) is 0 Å². The van der Waals surface area contributed by atoms with Gasteiger partial charge in [-0.2, -0.15) is 0 Å². The van der Waals surface area contributed by atoms with E-state index in [-0.39, 0.29) is 19.5 Å². The molecular weight excluding hydrogens is 595 g/mol. The molecule has 0 unspecified atom stereocenters. The molecule has 0 atom stereocenters. The van der Waals surface area contributed by atoms with Crippen molar-refractivity contribution in [2.75, 3.05) is 0 Å². The molecule has 0 fully saturated rings. The van der Waals surface area contributed by atoms with E-state index in [9.17, 15) is 0 Å². The second-order valence-corrected chi connectivity index (χ2v) is 13.1. The van der Waals surface area contributed by atoms with Crippen molar-refractivity contribution in [3.05, 3.63) is 182 Å². The van der Waals surface area contributed by atoms with Gasteiger partial charge in [0, 0.05) is 0 Å². The number of rotatable bonds is 6. The molecule has 39 heavy (non-hydrogen) atoms. The summed E-state index contributed by atoms with van der Waals surface area (Å²) >= 11 is 0. The molecule has 0 bridgehead atoms. The van der Waals surface area contributed by atoms with Crippen molar-refractivity contribution in [3.8, 4) is 0 Å². The van der Waals surface area contributed by atoms with Crippen LogP contribution in [0.3, 0.4) is 0 Å². The molecule has 0 nitrogen and oxygen atoms in total. The summed E-state index contributed by atoms with van der Waals surface area (Å²) in [6.07, 6.45) is 0. The Bertz CT molecular complexity index is 1170. The molecule has 0 N–H and O–H groups in total. The SMILES string of the molecule is [RuH3].c1ccc(P(c2ccccc2)c2ccccc2)cc1.c1ccc(P(c2ccccc2)c2ccccc2)cc1. The van der Waals surface area contributed by atoms with E-state index in [1.165, 1.54) is 31.8 Å². The second-order valence-electron chi connectivity index (χ2n) is 8.68. The molecule has 0 aromatic heterocycles. The van der Waals surface area contributed by atoms with Gasteiger partial charge < -0.3 is 0 Å². The van der Waals surface area contributed by atoms with Crippen LogP contribution in [-0.4, -0.2) is 0 Å². The topological polar surface area (TPSA) is 0 Å². The molecule has 3 heteroatoms. The zero-order chi connectivity index (χ0) is 25.8. The van der Waals surface area contributed by atoms with Crippen LogP contribution >= 0.6 is 15.8 Å². The maximum atomic E-state index is 2.23. The van der Waals surface area contributed by atoms with Crippen LogP contribution < -0.4 is 31.8 Å². The van der Waals surface area contributed by atoms with Gasteiger partial charge in [-0.3, -0.25) is 0 Å². The molecule has 0 amide bonds. The standard InChI is InChI=1S/2C18H15P.Ru.3H/c2*1-4-10-16(11-5-1)19(17-12-6-2-7-13-17)18-14-8-3-9-15-18;;;;/h2*1-15H;;;;. The van der Waals surface area contributed by atoms with Gasteiger partial charge in [-0.05, 0) is 47.7 Å². The first-order valence-electron chi connectivity index (χ1n) is 12.8. The van der Waals surface area contributed by atoms with Crippen molar-refractivity contribution in [1.82, 2.24) is 0 Å². The van der Waals surface area contributed by atoms with Gasteiger partial charge in [0.05, 0.1) is 0 Å². The van der Waals surface area contributed by atoms with E-state index in [0.29, 0.717) is 0 Å². The molecule has 6 aromatic carbocycles. The first-order valence-corrected chi connectivity index (χ1v) is 15.5. The second kappa shape index (κ2) is 15.4. The Morgan fingerprint density at radius 2 is 0.333 bits per heavy atom. The van der Waals surface area contributed by atoms with Crippen molar-refractivity contribution in [1.29, 1.82) is 0 Å². The van der Waals surface area contributed by atoms with Gasteiger partial charge >= 0.3 is 19.5 Å². The van der Waals surface area contributed by atoms with Crippen LogP contribution in [0.25, 0.3) is 0 Å². The van der Waals surface area contributed by atoms with Crippen LogP contribution in [0, 0.1) is 0 Å². The minimum atomic E-state index is -0.446. The first-order chi connectivity index (χ1) is 18.9. The molecule has 6 aromatic rings. The van der Waals surface area contributed by atoms with Gasteiger partial charge in [-0.1, -0.05) is 182 Å². The van der Waals surface area contributed by atoms with Crippen molar-refractivity contribution >= 4 is 47.7 Å². The summed E-state index contributed by atoms with van der Waals surface area (Å²) in [5.74, 6) is 0. The fourth-order valence-corrected chi connectivity index (χ4v) is 8.97. The third-order valence-corrected chi connectivity index (χ3v) is 11.0. The Labute approximate surface area is 248 Å². The van der Waals surface area contributed by atoms with Crippen LogP contribution in [0.5, 0.6) is 0 Å². The molecule has 0 aliphatic heterocycles. The number of hydrogen-bond donors (Lipinski definition) is 0.